The zero-order valence-corrected chi connectivity index (χ0v) is 16.5. The van der Waals surface area contributed by atoms with Crippen LogP contribution in [0.15, 0.2) is 47.4 Å². The summed E-state index contributed by atoms with van der Waals surface area (Å²) >= 11 is 0. The molecule has 1 heterocycles. The molecule has 1 aromatic heterocycles. The Bertz CT molecular complexity index is 839. The van der Waals surface area contributed by atoms with Crippen molar-refractivity contribution >= 4 is 11.3 Å². The third-order valence-electron chi connectivity index (χ3n) is 8.66. The summed E-state index contributed by atoms with van der Waals surface area (Å²) < 4.78 is 0. The van der Waals surface area contributed by atoms with Gasteiger partial charge in [0.05, 0.1) is 5.71 Å². The van der Waals surface area contributed by atoms with Crippen LogP contribution in [0.3, 0.4) is 0 Å². The molecule has 1 N–H and O–H groups in total. The molecule has 27 heavy (non-hydrogen) atoms. The van der Waals surface area contributed by atoms with Crippen LogP contribution in [0.1, 0.15) is 64.4 Å². The molecular formula is C24H30N2O. The number of pyridine rings is 1. The first-order chi connectivity index (χ1) is 13.1. The van der Waals surface area contributed by atoms with Crippen LogP contribution in [0, 0.1) is 28.6 Å². The highest BCUT2D eigenvalue weighted by atomic mass is 16.4. The first-order valence-corrected chi connectivity index (χ1v) is 10.6. The van der Waals surface area contributed by atoms with Crippen molar-refractivity contribution in [3.05, 3.63) is 47.8 Å². The predicted molar refractivity (Wildman–Crippen MR) is 109 cm³/mol. The number of hydrogen-bond donors (Lipinski definition) is 1. The molecule has 0 aromatic carbocycles. The molecule has 4 aliphatic carbocycles. The standard InChI is InChI=1S/C24H30N2O/c1-23-11-9-18(26-27)14-17(23)5-6-19-21-8-7-20(16-4-3-13-25-15-16)24(21,2)12-10-22(19)23/h3-4,7,13-15,19,21-22,27H,5-6,8-12H2,1-2H3/t19-,21-,22-,23-,24+/m0/s1. The van der Waals surface area contributed by atoms with Gasteiger partial charge in [-0.1, -0.05) is 36.7 Å². The minimum atomic E-state index is 0.300. The monoisotopic (exact) mass is 362 g/mol. The molecule has 0 unspecified atom stereocenters. The molecule has 5 rings (SSSR count). The molecule has 3 nitrogen and oxygen atoms in total. The lowest BCUT2D eigenvalue weighted by Gasteiger charge is -2.58. The summed E-state index contributed by atoms with van der Waals surface area (Å²) in [5, 5.41) is 12.7. The molecule has 5 atom stereocenters. The van der Waals surface area contributed by atoms with Crippen molar-refractivity contribution < 1.29 is 5.21 Å². The van der Waals surface area contributed by atoms with Gasteiger partial charge in [-0.2, -0.15) is 0 Å². The maximum Gasteiger partial charge on any atom is 0.0795 e. The second-order valence-corrected chi connectivity index (χ2v) is 9.65. The molecule has 142 valence electrons. The van der Waals surface area contributed by atoms with Crippen LogP contribution in [0.4, 0.5) is 0 Å². The molecular weight excluding hydrogens is 332 g/mol. The Morgan fingerprint density at radius 3 is 2.78 bits per heavy atom. The first-order valence-electron chi connectivity index (χ1n) is 10.6. The van der Waals surface area contributed by atoms with Gasteiger partial charge in [0.2, 0.25) is 0 Å². The van der Waals surface area contributed by atoms with Crippen LogP contribution < -0.4 is 0 Å². The van der Waals surface area contributed by atoms with Crippen molar-refractivity contribution in [2.75, 3.05) is 0 Å². The Morgan fingerprint density at radius 1 is 1.11 bits per heavy atom. The van der Waals surface area contributed by atoms with E-state index in [1.807, 2.05) is 12.4 Å². The Balaban J connectivity index is 1.47. The summed E-state index contributed by atoms with van der Waals surface area (Å²) in [7, 11) is 0. The van der Waals surface area contributed by atoms with E-state index in [1.165, 1.54) is 37.7 Å². The van der Waals surface area contributed by atoms with E-state index in [1.54, 1.807) is 11.1 Å². The van der Waals surface area contributed by atoms with E-state index in [9.17, 15) is 5.21 Å². The number of hydrogen-bond acceptors (Lipinski definition) is 3. The molecule has 0 bridgehead atoms. The highest BCUT2D eigenvalue weighted by Crippen LogP contribution is 2.66. The van der Waals surface area contributed by atoms with E-state index in [2.05, 4.69) is 48.3 Å². The lowest BCUT2D eigenvalue weighted by atomic mass is 9.46. The minimum Gasteiger partial charge on any atom is -0.411 e. The van der Waals surface area contributed by atoms with Crippen molar-refractivity contribution in [2.24, 2.45) is 33.7 Å². The number of fused-ring (bicyclic) bond motifs is 5. The molecule has 4 aliphatic rings. The highest BCUT2D eigenvalue weighted by molar-refractivity contribution is 5.96. The maximum absolute atomic E-state index is 9.22. The number of aromatic nitrogens is 1. The van der Waals surface area contributed by atoms with Crippen molar-refractivity contribution in [1.82, 2.24) is 4.98 Å². The number of rotatable bonds is 1. The van der Waals surface area contributed by atoms with Gasteiger partial charge < -0.3 is 5.21 Å². The second-order valence-electron chi connectivity index (χ2n) is 9.65. The van der Waals surface area contributed by atoms with Gasteiger partial charge in [0.1, 0.15) is 0 Å². The van der Waals surface area contributed by atoms with Gasteiger partial charge in [-0.3, -0.25) is 4.98 Å². The van der Waals surface area contributed by atoms with E-state index in [-0.39, 0.29) is 0 Å². The summed E-state index contributed by atoms with van der Waals surface area (Å²) in [6.45, 7) is 5.02. The molecule has 0 saturated heterocycles. The normalized spacial score (nSPS) is 42.0. The lowest BCUT2D eigenvalue weighted by Crippen LogP contribution is -2.49. The van der Waals surface area contributed by atoms with Gasteiger partial charge >= 0.3 is 0 Å². The molecule has 0 spiro atoms. The van der Waals surface area contributed by atoms with Gasteiger partial charge in [0, 0.05) is 12.4 Å². The zero-order chi connectivity index (χ0) is 18.6. The molecule has 2 saturated carbocycles. The van der Waals surface area contributed by atoms with E-state index in [0.717, 1.165) is 36.3 Å². The van der Waals surface area contributed by atoms with Crippen LogP contribution in [0.2, 0.25) is 0 Å². The molecule has 0 radical (unpaired) electrons. The molecule has 2 fully saturated rings. The SMILES string of the molecule is C[C@]12CCC(=NO)C=C1CC[C@@H]1[C@@H]2CC[C@]2(C)C(c3cccnc3)=CC[C@@H]12. The Kier molecular flexibility index (Phi) is 3.86. The highest BCUT2D eigenvalue weighted by Gasteiger charge is 2.57. The summed E-state index contributed by atoms with van der Waals surface area (Å²) in [5.41, 5.74) is 5.89. The number of allylic oxidation sites excluding steroid dienone is 4. The number of oxime groups is 1. The maximum atomic E-state index is 9.22. The quantitative estimate of drug-likeness (QED) is 0.502. The van der Waals surface area contributed by atoms with Gasteiger partial charge in [-0.25, -0.2) is 0 Å². The summed E-state index contributed by atoms with van der Waals surface area (Å²) in [6.07, 6.45) is 17.0. The van der Waals surface area contributed by atoms with Crippen LogP contribution >= 0.6 is 0 Å². The van der Waals surface area contributed by atoms with E-state index >= 15 is 0 Å². The second kappa shape index (κ2) is 6.05. The van der Waals surface area contributed by atoms with Crippen LogP contribution in [-0.4, -0.2) is 15.9 Å². The zero-order valence-electron chi connectivity index (χ0n) is 16.5. The summed E-state index contributed by atoms with van der Waals surface area (Å²) in [6, 6.07) is 4.30. The Labute approximate surface area is 162 Å². The van der Waals surface area contributed by atoms with E-state index < -0.39 is 0 Å². The van der Waals surface area contributed by atoms with Crippen LogP contribution in [-0.2, 0) is 0 Å². The topological polar surface area (TPSA) is 45.5 Å². The van der Waals surface area contributed by atoms with Crippen LogP contribution in [0.5, 0.6) is 0 Å². The minimum absolute atomic E-state index is 0.300. The average molecular weight is 363 g/mol. The van der Waals surface area contributed by atoms with Crippen molar-refractivity contribution in [2.45, 2.75) is 58.8 Å². The Morgan fingerprint density at radius 2 is 2.00 bits per heavy atom. The third kappa shape index (κ3) is 2.40. The van der Waals surface area contributed by atoms with Crippen molar-refractivity contribution in [3.8, 4) is 0 Å². The first kappa shape index (κ1) is 17.2. The van der Waals surface area contributed by atoms with Crippen molar-refractivity contribution in [3.63, 3.8) is 0 Å². The van der Waals surface area contributed by atoms with Gasteiger partial charge in [0.15, 0.2) is 0 Å². The lowest BCUT2D eigenvalue weighted by molar-refractivity contribution is -0.0190. The molecule has 3 heteroatoms. The number of nitrogens with zero attached hydrogens (tertiary/aromatic N) is 2. The largest absolute Gasteiger partial charge is 0.411 e. The Hall–Kier alpha value is -1.90. The van der Waals surface area contributed by atoms with Crippen molar-refractivity contribution in [1.29, 1.82) is 0 Å². The fourth-order valence-corrected chi connectivity index (χ4v) is 7.19. The fraction of sp³-hybridized carbons (Fsp3) is 0.583. The van der Waals surface area contributed by atoms with Crippen LogP contribution in [0.25, 0.3) is 5.57 Å². The summed E-state index contributed by atoms with van der Waals surface area (Å²) in [4.78, 5) is 4.38. The molecule has 1 aromatic rings. The fourth-order valence-electron chi connectivity index (χ4n) is 7.19. The predicted octanol–water partition coefficient (Wildman–Crippen LogP) is 5.87. The van der Waals surface area contributed by atoms with E-state index in [0.29, 0.717) is 10.8 Å². The summed E-state index contributed by atoms with van der Waals surface area (Å²) in [5.74, 6) is 2.35. The molecule has 0 amide bonds. The molecule has 0 aliphatic heterocycles. The van der Waals surface area contributed by atoms with Gasteiger partial charge in [0.25, 0.3) is 0 Å². The van der Waals surface area contributed by atoms with Gasteiger partial charge in [-0.15, -0.1) is 0 Å². The smallest absolute Gasteiger partial charge is 0.0795 e. The third-order valence-corrected chi connectivity index (χ3v) is 8.66. The van der Waals surface area contributed by atoms with Gasteiger partial charge in [-0.05, 0) is 96.8 Å². The van der Waals surface area contributed by atoms with E-state index in [4.69, 9.17) is 0 Å². The average Bonchev–Trinajstić information content (AvgIpc) is 3.05.